The standard InChI is InChI=1S/C12H12N2O2S/c15-10(11-4-2-6-17-11)8-14-12(16)9-3-1-5-13-7-9/h1-7,10,15H,8H2,(H,14,16)/t10-/m0/s1. The van der Waals surface area contributed by atoms with Crippen LogP contribution in [0.15, 0.2) is 42.0 Å². The molecule has 1 atom stereocenters. The number of aliphatic hydroxyl groups excluding tert-OH is 1. The number of thiophene rings is 1. The molecule has 2 N–H and O–H groups in total. The van der Waals surface area contributed by atoms with Crippen molar-refractivity contribution in [2.75, 3.05) is 6.54 Å². The van der Waals surface area contributed by atoms with Gasteiger partial charge in [0.25, 0.3) is 5.91 Å². The van der Waals surface area contributed by atoms with E-state index in [1.165, 1.54) is 17.5 Å². The monoisotopic (exact) mass is 248 g/mol. The molecule has 0 spiro atoms. The molecule has 0 aliphatic heterocycles. The largest absolute Gasteiger partial charge is 0.386 e. The van der Waals surface area contributed by atoms with Crippen LogP contribution in [0.2, 0.25) is 0 Å². The third kappa shape index (κ3) is 3.12. The highest BCUT2D eigenvalue weighted by atomic mass is 32.1. The van der Waals surface area contributed by atoms with Gasteiger partial charge in [-0.2, -0.15) is 0 Å². The van der Waals surface area contributed by atoms with Gasteiger partial charge < -0.3 is 10.4 Å². The van der Waals surface area contributed by atoms with Crippen molar-refractivity contribution in [2.24, 2.45) is 0 Å². The van der Waals surface area contributed by atoms with Crippen molar-refractivity contribution in [1.82, 2.24) is 10.3 Å². The molecule has 0 bridgehead atoms. The summed E-state index contributed by atoms with van der Waals surface area (Å²) in [7, 11) is 0. The maximum absolute atomic E-state index is 11.7. The lowest BCUT2D eigenvalue weighted by Gasteiger charge is -2.09. The molecule has 17 heavy (non-hydrogen) atoms. The predicted octanol–water partition coefficient (Wildman–Crippen LogP) is 1.61. The van der Waals surface area contributed by atoms with Crippen LogP contribution in [0, 0.1) is 0 Å². The molecule has 5 heteroatoms. The maximum atomic E-state index is 11.7. The summed E-state index contributed by atoms with van der Waals surface area (Å²) in [5, 5.41) is 14.3. The van der Waals surface area contributed by atoms with E-state index in [1.807, 2.05) is 17.5 Å². The average molecular weight is 248 g/mol. The summed E-state index contributed by atoms with van der Waals surface area (Å²) >= 11 is 1.46. The second-order valence-corrected chi connectivity index (χ2v) is 4.46. The lowest BCUT2D eigenvalue weighted by Crippen LogP contribution is -2.28. The molecular formula is C12H12N2O2S. The molecule has 0 aliphatic carbocycles. The van der Waals surface area contributed by atoms with Gasteiger partial charge >= 0.3 is 0 Å². The predicted molar refractivity (Wildman–Crippen MR) is 65.8 cm³/mol. The fraction of sp³-hybridized carbons (Fsp3) is 0.167. The van der Waals surface area contributed by atoms with Crippen LogP contribution < -0.4 is 5.32 Å². The third-order valence-corrected chi connectivity index (χ3v) is 3.22. The average Bonchev–Trinajstić information content (AvgIpc) is 2.90. The van der Waals surface area contributed by atoms with Gasteiger partial charge in [0.2, 0.25) is 0 Å². The first-order chi connectivity index (χ1) is 8.27. The van der Waals surface area contributed by atoms with Gasteiger partial charge in [0.05, 0.1) is 5.56 Å². The number of carbonyl (C=O) groups excluding carboxylic acids is 1. The lowest BCUT2D eigenvalue weighted by molar-refractivity contribution is 0.0917. The number of pyridine rings is 1. The Labute approximate surface area is 103 Å². The Bertz CT molecular complexity index is 471. The second-order valence-electron chi connectivity index (χ2n) is 3.48. The van der Waals surface area contributed by atoms with Crippen LogP contribution >= 0.6 is 11.3 Å². The van der Waals surface area contributed by atoms with E-state index in [1.54, 1.807) is 18.3 Å². The molecule has 2 aromatic rings. The molecule has 2 aromatic heterocycles. The quantitative estimate of drug-likeness (QED) is 0.864. The zero-order valence-electron chi connectivity index (χ0n) is 9.04. The summed E-state index contributed by atoms with van der Waals surface area (Å²) in [5.41, 5.74) is 0.492. The van der Waals surface area contributed by atoms with E-state index in [0.717, 1.165) is 4.88 Å². The molecule has 2 heterocycles. The minimum absolute atomic E-state index is 0.203. The van der Waals surface area contributed by atoms with Crippen molar-refractivity contribution in [3.63, 3.8) is 0 Å². The molecule has 2 rings (SSSR count). The molecule has 0 saturated heterocycles. The first-order valence-corrected chi connectivity index (χ1v) is 6.05. The summed E-state index contributed by atoms with van der Waals surface area (Å²) in [4.78, 5) is 16.4. The molecule has 0 radical (unpaired) electrons. The van der Waals surface area contributed by atoms with E-state index in [4.69, 9.17) is 0 Å². The Kier molecular flexibility index (Phi) is 3.85. The Morgan fingerprint density at radius 3 is 3.00 bits per heavy atom. The molecular weight excluding hydrogens is 236 g/mol. The van der Waals surface area contributed by atoms with Crippen LogP contribution in [0.5, 0.6) is 0 Å². The minimum atomic E-state index is -0.657. The number of amides is 1. The molecule has 0 aliphatic rings. The number of aromatic nitrogens is 1. The van der Waals surface area contributed by atoms with Gasteiger partial charge in [-0.25, -0.2) is 0 Å². The van der Waals surface area contributed by atoms with Gasteiger partial charge in [0.1, 0.15) is 6.10 Å². The van der Waals surface area contributed by atoms with Crippen LogP contribution in [0.4, 0.5) is 0 Å². The molecule has 0 saturated carbocycles. The van der Waals surface area contributed by atoms with Gasteiger partial charge in [-0.15, -0.1) is 11.3 Å². The fourth-order valence-electron chi connectivity index (χ4n) is 1.37. The van der Waals surface area contributed by atoms with Gasteiger partial charge in [-0.05, 0) is 23.6 Å². The number of nitrogens with zero attached hydrogens (tertiary/aromatic N) is 1. The minimum Gasteiger partial charge on any atom is -0.386 e. The Morgan fingerprint density at radius 1 is 1.47 bits per heavy atom. The van der Waals surface area contributed by atoms with Crippen molar-refractivity contribution in [3.05, 3.63) is 52.5 Å². The number of nitrogens with one attached hydrogen (secondary N) is 1. The highest BCUT2D eigenvalue weighted by molar-refractivity contribution is 7.10. The fourth-order valence-corrected chi connectivity index (χ4v) is 2.08. The molecule has 0 aromatic carbocycles. The van der Waals surface area contributed by atoms with E-state index in [9.17, 15) is 9.90 Å². The number of hydrogen-bond donors (Lipinski definition) is 2. The molecule has 88 valence electrons. The highest BCUT2D eigenvalue weighted by Crippen LogP contribution is 2.17. The number of aliphatic hydroxyl groups is 1. The summed E-state index contributed by atoms with van der Waals surface area (Å²) in [6.07, 6.45) is 2.44. The van der Waals surface area contributed by atoms with Gasteiger partial charge in [-0.1, -0.05) is 6.07 Å². The lowest BCUT2D eigenvalue weighted by atomic mass is 10.2. The Balaban J connectivity index is 1.89. The zero-order chi connectivity index (χ0) is 12.1. The topological polar surface area (TPSA) is 62.2 Å². The van der Waals surface area contributed by atoms with Crippen molar-refractivity contribution in [3.8, 4) is 0 Å². The Hall–Kier alpha value is -1.72. The maximum Gasteiger partial charge on any atom is 0.252 e. The van der Waals surface area contributed by atoms with Gasteiger partial charge in [0.15, 0.2) is 0 Å². The van der Waals surface area contributed by atoms with Crippen LogP contribution in [0.1, 0.15) is 21.3 Å². The van der Waals surface area contributed by atoms with E-state index in [-0.39, 0.29) is 12.5 Å². The second kappa shape index (κ2) is 5.56. The smallest absolute Gasteiger partial charge is 0.252 e. The number of carbonyl (C=O) groups is 1. The highest BCUT2D eigenvalue weighted by Gasteiger charge is 2.11. The first-order valence-electron chi connectivity index (χ1n) is 5.17. The van der Waals surface area contributed by atoms with Gasteiger partial charge in [-0.3, -0.25) is 9.78 Å². The molecule has 0 fully saturated rings. The van der Waals surface area contributed by atoms with Crippen LogP contribution in [-0.4, -0.2) is 22.5 Å². The van der Waals surface area contributed by atoms with Crippen molar-refractivity contribution >= 4 is 17.2 Å². The van der Waals surface area contributed by atoms with Crippen molar-refractivity contribution in [1.29, 1.82) is 0 Å². The normalized spacial score (nSPS) is 12.1. The van der Waals surface area contributed by atoms with E-state index in [0.29, 0.717) is 5.56 Å². The van der Waals surface area contributed by atoms with E-state index in [2.05, 4.69) is 10.3 Å². The summed E-state index contributed by atoms with van der Waals surface area (Å²) in [5.74, 6) is -0.228. The summed E-state index contributed by atoms with van der Waals surface area (Å²) in [6, 6.07) is 7.09. The van der Waals surface area contributed by atoms with Crippen LogP contribution in [0.25, 0.3) is 0 Å². The van der Waals surface area contributed by atoms with Crippen molar-refractivity contribution in [2.45, 2.75) is 6.10 Å². The van der Waals surface area contributed by atoms with E-state index < -0.39 is 6.10 Å². The number of rotatable bonds is 4. The zero-order valence-corrected chi connectivity index (χ0v) is 9.85. The van der Waals surface area contributed by atoms with Crippen LogP contribution in [-0.2, 0) is 0 Å². The Morgan fingerprint density at radius 2 is 2.35 bits per heavy atom. The first kappa shape index (κ1) is 11.8. The molecule has 0 unspecified atom stereocenters. The van der Waals surface area contributed by atoms with Gasteiger partial charge in [0, 0.05) is 23.8 Å². The summed E-state index contributed by atoms with van der Waals surface area (Å²) < 4.78 is 0. The van der Waals surface area contributed by atoms with Crippen LogP contribution in [0.3, 0.4) is 0 Å². The SMILES string of the molecule is O=C(NC[C@H](O)c1cccs1)c1cccnc1. The molecule has 4 nitrogen and oxygen atoms in total. The van der Waals surface area contributed by atoms with E-state index >= 15 is 0 Å². The third-order valence-electron chi connectivity index (χ3n) is 2.25. The summed E-state index contributed by atoms with van der Waals surface area (Å²) in [6.45, 7) is 0.203. The molecule has 1 amide bonds. The number of hydrogen-bond acceptors (Lipinski definition) is 4. The van der Waals surface area contributed by atoms with Crippen molar-refractivity contribution < 1.29 is 9.90 Å².